The molecule has 2 aliphatic rings. The van der Waals surface area contributed by atoms with E-state index < -0.39 is 24.8 Å². The molecule has 0 N–H and O–H groups in total. The van der Waals surface area contributed by atoms with E-state index in [0.717, 1.165) is 30.1 Å². The van der Waals surface area contributed by atoms with E-state index in [1.807, 2.05) is 0 Å². The lowest BCUT2D eigenvalue weighted by Gasteiger charge is -2.52. The summed E-state index contributed by atoms with van der Waals surface area (Å²) >= 11 is 0. The van der Waals surface area contributed by atoms with E-state index in [1.165, 1.54) is 18.3 Å². The van der Waals surface area contributed by atoms with Crippen molar-refractivity contribution in [3.05, 3.63) is 36.3 Å². The zero-order valence-corrected chi connectivity index (χ0v) is 17.5. The van der Waals surface area contributed by atoms with Crippen molar-refractivity contribution in [2.24, 2.45) is 5.41 Å². The van der Waals surface area contributed by atoms with E-state index in [0.29, 0.717) is 36.4 Å². The fourth-order valence-corrected chi connectivity index (χ4v) is 4.79. The van der Waals surface area contributed by atoms with Crippen LogP contribution in [0.25, 0.3) is 11.2 Å². The van der Waals surface area contributed by atoms with E-state index in [4.69, 9.17) is 4.74 Å². The Bertz CT molecular complexity index is 1140. The van der Waals surface area contributed by atoms with Gasteiger partial charge in [0.1, 0.15) is 29.7 Å². The van der Waals surface area contributed by atoms with E-state index in [-0.39, 0.29) is 17.4 Å². The molecule has 33 heavy (non-hydrogen) atoms. The van der Waals surface area contributed by atoms with Crippen molar-refractivity contribution in [1.29, 1.82) is 0 Å². The van der Waals surface area contributed by atoms with E-state index >= 15 is 0 Å². The molecular formula is C21H21F5N6O. The first-order valence-corrected chi connectivity index (χ1v) is 10.6. The van der Waals surface area contributed by atoms with Crippen LogP contribution in [0.4, 0.5) is 27.8 Å². The van der Waals surface area contributed by atoms with Crippen molar-refractivity contribution in [3.63, 3.8) is 0 Å². The van der Waals surface area contributed by atoms with Gasteiger partial charge in [-0.2, -0.15) is 18.3 Å². The predicted molar refractivity (Wildman–Crippen MR) is 108 cm³/mol. The lowest BCUT2D eigenvalue weighted by atomic mass is 9.62. The molecule has 1 aliphatic carbocycles. The van der Waals surface area contributed by atoms with Gasteiger partial charge in [0.15, 0.2) is 5.65 Å². The van der Waals surface area contributed by atoms with Crippen molar-refractivity contribution in [2.45, 2.75) is 50.9 Å². The highest BCUT2D eigenvalue weighted by Gasteiger charge is 2.48. The van der Waals surface area contributed by atoms with Crippen LogP contribution >= 0.6 is 0 Å². The zero-order chi connectivity index (χ0) is 23.2. The SMILES string of the molecule is FC(F)Cn1ncc2ncc(N3CCCC4(CC(Oc5cccc(C(F)(F)F)n5)C4)C3)nc21. The highest BCUT2D eigenvalue weighted by atomic mass is 19.4. The van der Waals surface area contributed by atoms with Crippen molar-refractivity contribution in [1.82, 2.24) is 24.7 Å². The van der Waals surface area contributed by atoms with E-state index in [2.05, 4.69) is 25.0 Å². The molecule has 1 aliphatic heterocycles. The van der Waals surface area contributed by atoms with Gasteiger partial charge in [-0.3, -0.25) is 0 Å². The summed E-state index contributed by atoms with van der Waals surface area (Å²) in [5, 5.41) is 3.95. The number of rotatable bonds is 5. The summed E-state index contributed by atoms with van der Waals surface area (Å²) in [4.78, 5) is 14.5. The number of pyridine rings is 1. The number of anilines is 1. The van der Waals surface area contributed by atoms with Crippen LogP contribution in [0.3, 0.4) is 0 Å². The van der Waals surface area contributed by atoms with Crippen LogP contribution in [0.15, 0.2) is 30.6 Å². The normalized spacial score (nSPS) is 23.3. The average molecular weight is 468 g/mol. The van der Waals surface area contributed by atoms with Crippen molar-refractivity contribution in [2.75, 3.05) is 18.0 Å². The van der Waals surface area contributed by atoms with Crippen molar-refractivity contribution < 1.29 is 26.7 Å². The Morgan fingerprint density at radius 3 is 2.73 bits per heavy atom. The fourth-order valence-electron chi connectivity index (χ4n) is 4.79. The summed E-state index contributed by atoms with van der Waals surface area (Å²) in [6, 6.07) is 3.63. The molecule has 0 aromatic carbocycles. The molecule has 1 saturated heterocycles. The highest BCUT2D eigenvalue weighted by Crippen LogP contribution is 2.49. The monoisotopic (exact) mass is 468 g/mol. The Kier molecular flexibility index (Phi) is 5.32. The predicted octanol–water partition coefficient (Wildman–Crippen LogP) is 4.33. The van der Waals surface area contributed by atoms with Crippen LogP contribution in [-0.2, 0) is 12.7 Å². The minimum Gasteiger partial charge on any atom is -0.474 e. The lowest BCUT2D eigenvalue weighted by molar-refractivity contribution is -0.141. The molecule has 1 spiro atoms. The summed E-state index contributed by atoms with van der Waals surface area (Å²) in [6.45, 7) is 0.895. The Balaban J connectivity index is 1.26. The maximum Gasteiger partial charge on any atom is 0.433 e. The van der Waals surface area contributed by atoms with E-state index in [9.17, 15) is 22.0 Å². The molecule has 2 fully saturated rings. The van der Waals surface area contributed by atoms with Crippen LogP contribution in [0, 0.1) is 5.41 Å². The third-order valence-electron chi connectivity index (χ3n) is 6.25. The molecule has 3 aromatic rings. The number of fused-ring (bicyclic) bond motifs is 1. The number of ether oxygens (including phenoxy) is 1. The second kappa shape index (κ2) is 8.07. The van der Waals surface area contributed by atoms with Gasteiger partial charge in [0.05, 0.1) is 12.4 Å². The van der Waals surface area contributed by atoms with Gasteiger partial charge in [-0.1, -0.05) is 6.07 Å². The van der Waals surface area contributed by atoms with Crippen LogP contribution in [0.2, 0.25) is 0 Å². The molecule has 12 heteroatoms. The van der Waals surface area contributed by atoms with Gasteiger partial charge in [0.2, 0.25) is 5.88 Å². The third-order valence-corrected chi connectivity index (χ3v) is 6.25. The molecule has 0 unspecified atom stereocenters. The molecule has 1 saturated carbocycles. The average Bonchev–Trinajstić information content (AvgIpc) is 3.14. The Morgan fingerprint density at radius 1 is 1.15 bits per heavy atom. The Morgan fingerprint density at radius 2 is 1.97 bits per heavy atom. The topological polar surface area (TPSA) is 69.0 Å². The minimum atomic E-state index is -4.52. The first-order valence-electron chi connectivity index (χ1n) is 10.6. The number of alkyl halides is 5. The maximum absolute atomic E-state index is 12.9. The standard InChI is InChI=1S/C21H21F5N6O/c22-16(23)11-32-19-14(9-28-32)27-10-17(30-19)31-6-2-5-20(12-31)7-13(8-20)33-18-4-1-3-15(29-18)21(24,25)26/h1,3-4,9-10,13,16H,2,5-8,11-12H2. The van der Waals surface area contributed by atoms with Gasteiger partial charge < -0.3 is 9.64 Å². The van der Waals surface area contributed by atoms with Gasteiger partial charge in [-0.15, -0.1) is 0 Å². The minimum absolute atomic E-state index is 0.0269. The van der Waals surface area contributed by atoms with Crippen LogP contribution in [0.5, 0.6) is 5.88 Å². The summed E-state index contributed by atoms with van der Waals surface area (Å²) in [5.41, 5.74) is -0.239. The number of hydrogen-bond acceptors (Lipinski definition) is 6. The third kappa shape index (κ3) is 4.42. The van der Waals surface area contributed by atoms with Gasteiger partial charge in [0, 0.05) is 19.2 Å². The summed E-state index contributed by atoms with van der Waals surface area (Å²) in [6.07, 6.45) is -0.964. The van der Waals surface area contributed by atoms with Crippen molar-refractivity contribution in [3.8, 4) is 5.88 Å². The summed E-state index contributed by atoms with van der Waals surface area (Å²) in [5.74, 6) is 0.572. The highest BCUT2D eigenvalue weighted by molar-refractivity contribution is 5.71. The van der Waals surface area contributed by atoms with E-state index in [1.54, 1.807) is 6.20 Å². The Labute approximate surface area is 185 Å². The number of halogens is 5. The van der Waals surface area contributed by atoms with Crippen LogP contribution in [0.1, 0.15) is 31.4 Å². The molecule has 0 atom stereocenters. The molecule has 5 rings (SSSR count). The van der Waals surface area contributed by atoms with Crippen LogP contribution < -0.4 is 9.64 Å². The quantitative estimate of drug-likeness (QED) is 0.519. The smallest absolute Gasteiger partial charge is 0.433 e. The number of piperidine rings is 1. The fraction of sp³-hybridized carbons (Fsp3) is 0.524. The molecule has 0 radical (unpaired) electrons. The van der Waals surface area contributed by atoms with Crippen LogP contribution in [-0.4, -0.2) is 50.4 Å². The number of aromatic nitrogens is 5. The second-order valence-electron chi connectivity index (χ2n) is 8.69. The summed E-state index contributed by atoms with van der Waals surface area (Å²) < 4.78 is 71.1. The molecule has 0 bridgehead atoms. The van der Waals surface area contributed by atoms with Gasteiger partial charge >= 0.3 is 6.18 Å². The lowest BCUT2D eigenvalue weighted by Crippen LogP contribution is -2.54. The largest absolute Gasteiger partial charge is 0.474 e. The Hall–Kier alpha value is -3.05. The number of hydrogen-bond donors (Lipinski definition) is 0. The molecule has 0 amide bonds. The molecule has 7 nitrogen and oxygen atoms in total. The first-order chi connectivity index (χ1) is 15.7. The van der Waals surface area contributed by atoms with Gasteiger partial charge in [-0.25, -0.2) is 28.4 Å². The molecular weight excluding hydrogens is 447 g/mol. The molecule has 3 aromatic heterocycles. The maximum atomic E-state index is 12.9. The first kappa shape index (κ1) is 21.8. The van der Waals surface area contributed by atoms with Crippen molar-refractivity contribution >= 4 is 17.0 Å². The molecule has 4 heterocycles. The van der Waals surface area contributed by atoms with Gasteiger partial charge in [-0.05, 0) is 37.2 Å². The number of nitrogens with zero attached hydrogens (tertiary/aromatic N) is 6. The molecule has 176 valence electrons. The second-order valence-corrected chi connectivity index (χ2v) is 8.69. The summed E-state index contributed by atoms with van der Waals surface area (Å²) in [7, 11) is 0. The zero-order valence-electron chi connectivity index (χ0n) is 17.5. The van der Waals surface area contributed by atoms with Gasteiger partial charge in [0.25, 0.3) is 6.43 Å².